The van der Waals surface area contributed by atoms with E-state index in [-0.39, 0.29) is 23.2 Å². The Kier molecular flexibility index (Phi) is 3.50. The normalized spacial score (nSPS) is 21.6. The molecule has 5 nitrogen and oxygen atoms in total. The highest BCUT2D eigenvalue weighted by Gasteiger charge is 2.52. The van der Waals surface area contributed by atoms with Crippen molar-refractivity contribution in [1.29, 1.82) is 0 Å². The summed E-state index contributed by atoms with van der Waals surface area (Å²) in [7, 11) is 4.63. The van der Waals surface area contributed by atoms with Crippen LogP contribution in [-0.4, -0.2) is 32.9 Å². The molecule has 0 radical (unpaired) electrons. The first kappa shape index (κ1) is 16.8. The van der Waals surface area contributed by atoms with Gasteiger partial charge in [0.25, 0.3) is 0 Å². The van der Waals surface area contributed by atoms with Gasteiger partial charge in [-0.15, -0.1) is 0 Å². The first-order valence-corrected chi connectivity index (χ1v) is 9.05. The number of benzene rings is 2. The Labute approximate surface area is 162 Å². The molecule has 140 valence electrons. The molecule has 0 heterocycles. The molecule has 5 heteroatoms. The number of ketones is 2. The van der Waals surface area contributed by atoms with Gasteiger partial charge >= 0.3 is 0 Å². The first-order chi connectivity index (χ1) is 13.6. The molecule has 6 rings (SSSR count). The van der Waals surface area contributed by atoms with Crippen molar-refractivity contribution >= 4 is 17.1 Å². The maximum atomic E-state index is 13.2. The fraction of sp³-hybridized carbons (Fsp3) is 0.217. The summed E-state index contributed by atoms with van der Waals surface area (Å²) in [5, 5.41) is 0. The third-order valence-corrected chi connectivity index (χ3v) is 5.92. The molecule has 2 bridgehead atoms. The van der Waals surface area contributed by atoms with Crippen molar-refractivity contribution in [2.24, 2.45) is 5.92 Å². The molecule has 2 unspecified atom stereocenters. The van der Waals surface area contributed by atoms with Gasteiger partial charge < -0.3 is 14.2 Å². The minimum absolute atomic E-state index is 0.0807. The summed E-state index contributed by atoms with van der Waals surface area (Å²) in [5.41, 5.74) is 4.95. The van der Waals surface area contributed by atoms with Crippen LogP contribution in [0.1, 0.15) is 28.2 Å². The summed E-state index contributed by atoms with van der Waals surface area (Å²) >= 11 is 0. The monoisotopic (exact) mass is 374 g/mol. The average molecular weight is 374 g/mol. The van der Waals surface area contributed by atoms with E-state index in [1.165, 1.54) is 13.2 Å². The van der Waals surface area contributed by atoms with Gasteiger partial charge in [0.1, 0.15) is 11.5 Å². The van der Waals surface area contributed by atoms with Gasteiger partial charge in [-0.3, -0.25) is 9.59 Å². The second kappa shape index (κ2) is 5.83. The molecule has 0 amide bonds. The smallest absolute Gasteiger partial charge is 0.225 e. The van der Waals surface area contributed by atoms with Gasteiger partial charge in [-0.1, -0.05) is 24.3 Å². The fourth-order valence-electron chi connectivity index (χ4n) is 4.86. The van der Waals surface area contributed by atoms with E-state index in [4.69, 9.17) is 14.2 Å². The van der Waals surface area contributed by atoms with E-state index >= 15 is 0 Å². The second-order valence-corrected chi connectivity index (χ2v) is 7.03. The summed E-state index contributed by atoms with van der Waals surface area (Å²) in [5.74, 6) is 0.173. The lowest BCUT2D eigenvalue weighted by Crippen LogP contribution is -2.40. The maximum absolute atomic E-state index is 13.2. The molecular formula is C23H18O5. The van der Waals surface area contributed by atoms with Crippen molar-refractivity contribution in [3.05, 3.63) is 76.1 Å². The average Bonchev–Trinajstić information content (AvgIpc) is 2.74. The van der Waals surface area contributed by atoms with Gasteiger partial charge in [0, 0.05) is 34.3 Å². The van der Waals surface area contributed by atoms with Crippen LogP contribution in [0.3, 0.4) is 0 Å². The Bertz CT molecular complexity index is 1120. The predicted molar refractivity (Wildman–Crippen MR) is 102 cm³/mol. The first-order valence-electron chi connectivity index (χ1n) is 9.05. The SMILES string of the molecule is COC1=CC(=O)C2C(=C3c4ccccc4C2c2c(OC)ccc(OC)c23)C1=O. The van der Waals surface area contributed by atoms with Gasteiger partial charge in [0.05, 0.1) is 27.2 Å². The van der Waals surface area contributed by atoms with E-state index in [0.717, 1.165) is 27.8 Å². The van der Waals surface area contributed by atoms with Crippen molar-refractivity contribution in [1.82, 2.24) is 0 Å². The van der Waals surface area contributed by atoms with Crippen LogP contribution in [0.25, 0.3) is 5.57 Å². The molecule has 0 saturated carbocycles. The lowest BCUT2D eigenvalue weighted by atomic mass is 9.58. The summed E-state index contributed by atoms with van der Waals surface area (Å²) in [6.45, 7) is 0. The van der Waals surface area contributed by atoms with Crippen molar-refractivity contribution < 1.29 is 23.8 Å². The summed E-state index contributed by atoms with van der Waals surface area (Å²) in [6, 6.07) is 11.6. The van der Waals surface area contributed by atoms with Crippen molar-refractivity contribution in [3.8, 4) is 11.5 Å². The van der Waals surface area contributed by atoms with E-state index in [0.29, 0.717) is 17.1 Å². The molecule has 0 aromatic heterocycles. The minimum atomic E-state index is -0.579. The van der Waals surface area contributed by atoms with Crippen LogP contribution in [0.2, 0.25) is 0 Å². The zero-order chi connectivity index (χ0) is 19.6. The lowest BCUT2D eigenvalue weighted by molar-refractivity contribution is -0.123. The summed E-state index contributed by atoms with van der Waals surface area (Å²) in [4.78, 5) is 26.3. The number of carbonyl (C=O) groups excluding carboxylic acids is 2. The highest BCUT2D eigenvalue weighted by atomic mass is 16.5. The summed E-state index contributed by atoms with van der Waals surface area (Å²) in [6.07, 6.45) is 1.33. The van der Waals surface area contributed by atoms with Crippen LogP contribution in [0.15, 0.2) is 53.8 Å². The van der Waals surface area contributed by atoms with E-state index in [1.54, 1.807) is 14.2 Å². The van der Waals surface area contributed by atoms with Gasteiger partial charge in [0.2, 0.25) is 5.78 Å². The van der Waals surface area contributed by atoms with Crippen LogP contribution >= 0.6 is 0 Å². The van der Waals surface area contributed by atoms with Crippen molar-refractivity contribution in [2.75, 3.05) is 21.3 Å². The van der Waals surface area contributed by atoms with Crippen LogP contribution in [-0.2, 0) is 14.3 Å². The van der Waals surface area contributed by atoms with E-state index < -0.39 is 5.92 Å². The van der Waals surface area contributed by atoms with Crippen LogP contribution in [0, 0.1) is 5.92 Å². The minimum Gasteiger partial charge on any atom is -0.496 e. The lowest BCUT2D eigenvalue weighted by Gasteiger charge is -2.44. The predicted octanol–water partition coefficient (Wildman–Crippen LogP) is 3.26. The van der Waals surface area contributed by atoms with E-state index in [2.05, 4.69) is 0 Å². The molecule has 28 heavy (non-hydrogen) atoms. The number of Topliss-reactive ketones (excluding diaryl/α,β-unsaturated/α-hetero) is 1. The zero-order valence-corrected chi connectivity index (χ0v) is 15.7. The molecule has 2 atom stereocenters. The molecule has 2 aromatic carbocycles. The Morgan fingerprint density at radius 1 is 0.821 bits per heavy atom. The second-order valence-electron chi connectivity index (χ2n) is 7.03. The number of ether oxygens (including phenoxy) is 3. The molecular weight excluding hydrogens is 356 g/mol. The van der Waals surface area contributed by atoms with Gasteiger partial charge in [-0.25, -0.2) is 0 Å². The quantitative estimate of drug-likeness (QED) is 0.825. The third-order valence-electron chi connectivity index (χ3n) is 5.92. The standard InChI is InChI=1S/C23H18O5/c1-26-14-8-9-15(27-2)21-18-12-7-5-4-6-11(12)17(20(14)21)19-13(24)10-16(28-3)23(25)22(18)19/h4-10,17,19H,1-3H3. The molecule has 4 aliphatic rings. The third kappa shape index (κ3) is 1.91. The Morgan fingerprint density at radius 2 is 1.54 bits per heavy atom. The molecule has 2 aromatic rings. The highest BCUT2D eigenvalue weighted by Crippen LogP contribution is 2.60. The van der Waals surface area contributed by atoms with Crippen LogP contribution in [0.5, 0.6) is 11.5 Å². The zero-order valence-electron chi connectivity index (χ0n) is 15.7. The van der Waals surface area contributed by atoms with E-state index in [1.807, 2.05) is 36.4 Å². The summed E-state index contributed by atoms with van der Waals surface area (Å²) < 4.78 is 16.5. The van der Waals surface area contributed by atoms with Crippen LogP contribution < -0.4 is 9.47 Å². The fourth-order valence-corrected chi connectivity index (χ4v) is 4.86. The number of methoxy groups -OCH3 is 3. The number of allylic oxidation sites excluding steroid dienone is 2. The number of carbonyl (C=O) groups is 2. The highest BCUT2D eigenvalue weighted by molar-refractivity contribution is 6.25. The topological polar surface area (TPSA) is 61.8 Å². The molecule has 0 N–H and O–H groups in total. The molecule has 4 aliphatic carbocycles. The Morgan fingerprint density at radius 3 is 2.25 bits per heavy atom. The number of hydrogen-bond acceptors (Lipinski definition) is 5. The Balaban J connectivity index is 1.96. The molecule has 0 saturated heterocycles. The van der Waals surface area contributed by atoms with Gasteiger partial charge in [-0.2, -0.15) is 0 Å². The van der Waals surface area contributed by atoms with Crippen molar-refractivity contribution in [3.63, 3.8) is 0 Å². The largest absolute Gasteiger partial charge is 0.496 e. The van der Waals surface area contributed by atoms with Crippen LogP contribution in [0.4, 0.5) is 0 Å². The van der Waals surface area contributed by atoms with Crippen molar-refractivity contribution in [2.45, 2.75) is 5.92 Å². The molecule has 0 aliphatic heterocycles. The van der Waals surface area contributed by atoms with Gasteiger partial charge in [-0.05, 0) is 23.3 Å². The van der Waals surface area contributed by atoms with Gasteiger partial charge in [0.15, 0.2) is 11.5 Å². The molecule has 0 fully saturated rings. The van der Waals surface area contributed by atoms with E-state index in [9.17, 15) is 9.59 Å². The maximum Gasteiger partial charge on any atom is 0.225 e. The Hall–Kier alpha value is -3.34. The number of hydrogen-bond donors (Lipinski definition) is 0. The number of rotatable bonds is 3. The molecule has 0 spiro atoms.